The Kier molecular flexibility index (Phi) is 7.25. The van der Waals surface area contributed by atoms with Crippen LogP contribution in [0.2, 0.25) is 0 Å². The van der Waals surface area contributed by atoms with Crippen LogP contribution in [0.5, 0.6) is 0 Å². The van der Waals surface area contributed by atoms with Crippen LogP contribution in [0, 0.1) is 5.92 Å². The van der Waals surface area contributed by atoms with E-state index < -0.39 is 0 Å². The van der Waals surface area contributed by atoms with E-state index in [1.165, 1.54) is 0 Å². The SMILES string of the molecule is CCOC(=O)C(C)=CCC(C)C(=O)OCC. The van der Waals surface area contributed by atoms with Gasteiger partial charge in [-0.15, -0.1) is 0 Å². The molecule has 0 saturated heterocycles. The summed E-state index contributed by atoms with van der Waals surface area (Å²) < 4.78 is 9.68. The van der Waals surface area contributed by atoms with Crippen LogP contribution in [-0.2, 0) is 19.1 Å². The van der Waals surface area contributed by atoms with Crippen molar-refractivity contribution in [2.24, 2.45) is 5.92 Å². The Balaban J connectivity index is 4.15. The van der Waals surface area contributed by atoms with E-state index in [1.807, 2.05) is 0 Å². The van der Waals surface area contributed by atoms with E-state index in [0.717, 1.165) is 0 Å². The fraction of sp³-hybridized carbons (Fsp3) is 0.667. The average molecular weight is 228 g/mol. The molecule has 16 heavy (non-hydrogen) atoms. The van der Waals surface area contributed by atoms with E-state index in [2.05, 4.69) is 0 Å². The van der Waals surface area contributed by atoms with Crippen LogP contribution in [0.1, 0.15) is 34.1 Å². The molecule has 0 spiro atoms. The maximum atomic E-state index is 11.3. The summed E-state index contributed by atoms with van der Waals surface area (Å²) in [5.74, 6) is -0.807. The van der Waals surface area contributed by atoms with E-state index >= 15 is 0 Å². The van der Waals surface area contributed by atoms with Gasteiger partial charge in [0.05, 0.1) is 19.1 Å². The normalized spacial score (nSPS) is 13.1. The maximum Gasteiger partial charge on any atom is 0.333 e. The third-order valence-electron chi connectivity index (χ3n) is 2.06. The molecular formula is C12H20O4. The molecule has 0 saturated carbocycles. The molecule has 0 amide bonds. The highest BCUT2D eigenvalue weighted by atomic mass is 16.5. The Morgan fingerprint density at radius 2 is 1.75 bits per heavy atom. The molecule has 0 aromatic rings. The van der Waals surface area contributed by atoms with Crippen LogP contribution >= 0.6 is 0 Å². The predicted octanol–water partition coefficient (Wildman–Crippen LogP) is 2.09. The molecule has 0 fully saturated rings. The quantitative estimate of drug-likeness (QED) is 0.516. The van der Waals surface area contributed by atoms with Gasteiger partial charge >= 0.3 is 11.9 Å². The molecular weight excluding hydrogens is 208 g/mol. The molecule has 0 aromatic carbocycles. The van der Waals surface area contributed by atoms with Crippen molar-refractivity contribution < 1.29 is 19.1 Å². The highest BCUT2D eigenvalue weighted by molar-refractivity contribution is 5.87. The van der Waals surface area contributed by atoms with Gasteiger partial charge in [0.25, 0.3) is 0 Å². The lowest BCUT2D eigenvalue weighted by Crippen LogP contribution is -2.14. The Bertz CT molecular complexity index is 268. The molecule has 1 atom stereocenters. The topological polar surface area (TPSA) is 52.6 Å². The molecule has 0 aliphatic carbocycles. The first-order valence-corrected chi connectivity index (χ1v) is 5.53. The van der Waals surface area contributed by atoms with Gasteiger partial charge in [0.2, 0.25) is 0 Å². The van der Waals surface area contributed by atoms with Crippen molar-refractivity contribution in [3.8, 4) is 0 Å². The fourth-order valence-electron chi connectivity index (χ4n) is 1.06. The summed E-state index contributed by atoms with van der Waals surface area (Å²) in [5, 5.41) is 0. The fourth-order valence-corrected chi connectivity index (χ4v) is 1.06. The second kappa shape index (κ2) is 7.91. The number of rotatable bonds is 6. The molecule has 0 rings (SSSR count). The molecule has 0 bridgehead atoms. The molecule has 4 nitrogen and oxygen atoms in total. The lowest BCUT2D eigenvalue weighted by Gasteiger charge is -2.08. The van der Waals surface area contributed by atoms with Gasteiger partial charge in [-0.1, -0.05) is 13.0 Å². The van der Waals surface area contributed by atoms with E-state index in [9.17, 15) is 9.59 Å². The standard InChI is InChI=1S/C12H20O4/c1-5-15-11(13)9(3)7-8-10(4)12(14)16-6-2/h7,10H,5-6,8H2,1-4H3. The highest BCUT2D eigenvalue weighted by Gasteiger charge is 2.13. The maximum absolute atomic E-state index is 11.3. The predicted molar refractivity (Wildman–Crippen MR) is 60.8 cm³/mol. The Hall–Kier alpha value is -1.32. The van der Waals surface area contributed by atoms with Crippen molar-refractivity contribution in [1.82, 2.24) is 0 Å². The lowest BCUT2D eigenvalue weighted by molar-refractivity contribution is -0.147. The van der Waals surface area contributed by atoms with Crippen molar-refractivity contribution in [3.63, 3.8) is 0 Å². The van der Waals surface area contributed by atoms with Gasteiger partial charge in [-0.3, -0.25) is 4.79 Å². The van der Waals surface area contributed by atoms with Crippen LogP contribution < -0.4 is 0 Å². The zero-order valence-electron chi connectivity index (χ0n) is 10.4. The van der Waals surface area contributed by atoms with Crippen LogP contribution in [0.25, 0.3) is 0 Å². The van der Waals surface area contributed by atoms with E-state index in [1.54, 1.807) is 33.8 Å². The van der Waals surface area contributed by atoms with Crippen LogP contribution in [-0.4, -0.2) is 25.2 Å². The third kappa shape index (κ3) is 5.53. The zero-order valence-corrected chi connectivity index (χ0v) is 10.4. The number of carbonyl (C=O) groups excluding carboxylic acids is 2. The van der Waals surface area contributed by atoms with Crippen molar-refractivity contribution in [2.45, 2.75) is 34.1 Å². The molecule has 0 aliphatic rings. The Morgan fingerprint density at radius 1 is 1.19 bits per heavy atom. The van der Waals surface area contributed by atoms with Gasteiger partial charge in [-0.2, -0.15) is 0 Å². The van der Waals surface area contributed by atoms with Gasteiger partial charge in [-0.05, 0) is 27.2 Å². The summed E-state index contributed by atoms with van der Waals surface area (Å²) in [5.41, 5.74) is 0.526. The largest absolute Gasteiger partial charge is 0.466 e. The van der Waals surface area contributed by atoms with Gasteiger partial charge in [0, 0.05) is 5.57 Å². The number of carbonyl (C=O) groups is 2. The van der Waals surface area contributed by atoms with Crippen molar-refractivity contribution in [1.29, 1.82) is 0 Å². The summed E-state index contributed by atoms with van der Waals surface area (Å²) in [6, 6.07) is 0. The number of hydrogen-bond acceptors (Lipinski definition) is 4. The second-order valence-corrected chi connectivity index (χ2v) is 3.50. The minimum absolute atomic E-state index is 0.232. The highest BCUT2D eigenvalue weighted by Crippen LogP contribution is 2.08. The first-order valence-electron chi connectivity index (χ1n) is 5.53. The summed E-state index contributed by atoms with van der Waals surface area (Å²) in [4.78, 5) is 22.5. The lowest BCUT2D eigenvalue weighted by atomic mass is 10.1. The summed E-state index contributed by atoms with van der Waals surface area (Å²) in [7, 11) is 0. The monoisotopic (exact) mass is 228 g/mol. The average Bonchev–Trinajstić information content (AvgIpc) is 2.25. The van der Waals surface area contributed by atoms with Gasteiger partial charge in [0.15, 0.2) is 0 Å². The minimum atomic E-state index is -0.335. The molecule has 1 unspecified atom stereocenters. The van der Waals surface area contributed by atoms with Gasteiger partial charge < -0.3 is 9.47 Å². The number of allylic oxidation sites excluding steroid dienone is 1. The molecule has 0 N–H and O–H groups in total. The third-order valence-corrected chi connectivity index (χ3v) is 2.06. The molecule has 0 aliphatic heterocycles. The summed E-state index contributed by atoms with van der Waals surface area (Å²) in [6.45, 7) is 7.71. The molecule has 0 heterocycles. The van der Waals surface area contributed by atoms with Gasteiger partial charge in [0.1, 0.15) is 0 Å². The molecule has 0 radical (unpaired) electrons. The first-order chi connectivity index (χ1) is 7.52. The van der Waals surface area contributed by atoms with E-state index in [0.29, 0.717) is 25.2 Å². The van der Waals surface area contributed by atoms with Crippen LogP contribution in [0.15, 0.2) is 11.6 Å². The zero-order chi connectivity index (χ0) is 12.6. The van der Waals surface area contributed by atoms with Crippen molar-refractivity contribution >= 4 is 11.9 Å². The first kappa shape index (κ1) is 14.7. The van der Waals surface area contributed by atoms with E-state index in [4.69, 9.17) is 9.47 Å². The van der Waals surface area contributed by atoms with Crippen molar-refractivity contribution in [3.05, 3.63) is 11.6 Å². The summed E-state index contributed by atoms with van der Waals surface area (Å²) in [6.07, 6.45) is 2.20. The number of hydrogen-bond donors (Lipinski definition) is 0. The van der Waals surface area contributed by atoms with E-state index in [-0.39, 0.29) is 17.9 Å². The molecule has 0 aromatic heterocycles. The molecule has 4 heteroatoms. The Morgan fingerprint density at radius 3 is 2.25 bits per heavy atom. The number of ether oxygens (including phenoxy) is 2. The second-order valence-electron chi connectivity index (χ2n) is 3.50. The minimum Gasteiger partial charge on any atom is -0.466 e. The smallest absolute Gasteiger partial charge is 0.333 e. The van der Waals surface area contributed by atoms with Crippen LogP contribution in [0.4, 0.5) is 0 Å². The Labute approximate surface area is 96.6 Å². The molecule has 92 valence electrons. The van der Waals surface area contributed by atoms with Crippen molar-refractivity contribution in [2.75, 3.05) is 13.2 Å². The number of esters is 2. The van der Waals surface area contributed by atoms with Crippen LogP contribution in [0.3, 0.4) is 0 Å². The van der Waals surface area contributed by atoms with Gasteiger partial charge in [-0.25, -0.2) is 4.79 Å². The summed E-state index contributed by atoms with van der Waals surface area (Å²) >= 11 is 0.